The molecule has 0 amide bonds. The Bertz CT molecular complexity index is 1940. The van der Waals surface area contributed by atoms with E-state index < -0.39 is 15.8 Å². The highest BCUT2D eigenvalue weighted by Gasteiger charge is 2.33. The standard InChI is InChI=1S/C48H40O2P2/c49-47(39-22-7-1-8-23-39)45(51(41-26-11-3-12-27-41)42-28-13-4-14-29-42)35-37-20-19-21-38(34-37)36-46(48(50)40-24-9-2-10-25-40)52(43-30-15-5-16-31-43)44-32-17-6-18-33-44/h1-34,45-46H,35-36H2/t45-,46-/m1/s1. The summed E-state index contributed by atoms with van der Waals surface area (Å²) in [5, 5.41) is 4.72. The largest absolute Gasteiger partial charge is 0.293 e. The summed E-state index contributed by atoms with van der Waals surface area (Å²) >= 11 is 0. The van der Waals surface area contributed by atoms with Crippen molar-refractivity contribution in [3.8, 4) is 0 Å². The molecule has 7 aromatic carbocycles. The van der Waals surface area contributed by atoms with Gasteiger partial charge in [-0.3, -0.25) is 9.59 Å². The van der Waals surface area contributed by atoms with Gasteiger partial charge in [-0.25, -0.2) is 0 Å². The summed E-state index contributed by atoms with van der Waals surface area (Å²) in [6.07, 6.45) is 1.17. The number of benzene rings is 7. The van der Waals surface area contributed by atoms with Crippen LogP contribution in [0, 0.1) is 0 Å². The fourth-order valence-corrected chi connectivity index (χ4v) is 12.5. The molecular weight excluding hydrogens is 670 g/mol. The summed E-state index contributed by atoms with van der Waals surface area (Å²) in [5.41, 5.74) is 3.08. The maximum Gasteiger partial charge on any atom is 0.171 e. The fraction of sp³-hybridized carbons (Fsp3) is 0.0833. The molecule has 0 saturated carbocycles. The molecule has 2 nitrogen and oxygen atoms in total. The topological polar surface area (TPSA) is 34.1 Å². The van der Waals surface area contributed by atoms with Gasteiger partial charge in [-0.2, -0.15) is 0 Å². The summed E-state index contributed by atoms with van der Waals surface area (Å²) < 4.78 is 0. The average Bonchev–Trinajstić information content (AvgIpc) is 3.22. The molecule has 52 heavy (non-hydrogen) atoms. The molecule has 0 spiro atoms. The molecule has 0 heterocycles. The van der Waals surface area contributed by atoms with E-state index in [9.17, 15) is 9.59 Å². The molecule has 0 radical (unpaired) electrons. The molecule has 0 N–H and O–H groups in total. The van der Waals surface area contributed by atoms with Crippen LogP contribution in [0.1, 0.15) is 31.8 Å². The number of hydrogen-bond donors (Lipinski definition) is 0. The van der Waals surface area contributed by atoms with E-state index in [1.54, 1.807) is 0 Å². The van der Waals surface area contributed by atoms with Gasteiger partial charge in [-0.1, -0.05) is 206 Å². The van der Waals surface area contributed by atoms with Gasteiger partial charge in [0.25, 0.3) is 0 Å². The second kappa shape index (κ2) is 17.3. The average molecular weight is 711 g/mol. The van der Waals surface area contributed by atoms with Crippen molar-refractivity contribution < 1.29 is 9.59 Å². The summed E-state index contributed by atoms with van der Waals surface area (Å²) in [5.74, 6) is 0.303. The number of carbonyl (C=O) groups is 2. The highest BCUT2D eigenvalue weighted by atomic mass is 31.1. The number of ketones is 2. The number of hydrogen-bond acceptors (Lipinski definition) is 2. The van der Waals surface area contributed by atoms with E-state index in [0.717, 1.165) is 22.3 Å². The second-order valence-electron chi connectivity index (χ2n) is 12.8. The maximum atomic E-state index is 14.6. The first-order valence-corrected chi connectivity index (χ1v) is 20.5. The van der Waals surface area contributed by atoms with E-state index in [-0.39, 0.29) is 22.9 Å². The van der Waals surface area contributed by atoms with Gasteiger partial charge in [0, 0.05) is 11.1 Å². The lowest BCUT2D eigenvalue weighted by Crippen LogP contribution is -2.31. The minimum atomic E-state index is -1.04. The zero-order valence-electron chi connectivity index (χ0n) is 28.9. The minimum absolute atomic E-state index is 0.152. The van der Waals surface area contributed by atoms with Crippen LogP contribution in [0.25, 0.3) is 0 Å². The molecule has 0 aromatic heterocycles. The van der Waals surface area contributed by atoms with Crippen molar-refractivity contribution in [3.05, 3.63) is 229 Å². The normalized spacial score (nSPS) is 12.3. The molecule has 0 unspecified atom stereocenters. The Morgan fingerprint density at radius 3 is 0.904 bits per heavy atom. The lowest BCUT2D eigenvalue weighted by atomic mass is 9.98. The predicted octanol–water partition coefficient (Wildman–Crippen LogP) is 9.54. The van der Waals surface area contributed by atoms with Gasteiger partial charge in [-0.05, 0) is 61.0 Å². The second-order valence-corrected chi connectivity index (χ2v) is 17.6. The van der Waals surface area contributed by atoms with Gasteiger partial charge in [-0.15, -0.1) is 0 Å². The van der Waals surface area contributed by atoms with Crippen LogP contribution in [0.4, 0.5) is 0 Å². The van der Waals surface area contributed by atoms with Crippen molar-refractivity contribution in [1.29, 1.82) is 0 Å². The van der Waals surface area contributed by atoms with Crippen molar-refractivity contribution in [1.82, 2.24) is 0 Å². The van der Waals surface area contributed by atoms with Crippen LogP contribution in [0.5, 0.6) is 0 Å². The predicted molar refractivity (Wildman–Crippen MR) is 221 cm³/mol. The van der Waals surface area contributed by atoms with Gasteiger partial charge >= 0.3 is 0 Å². The van der Waals surface area contributed by atoms with Crippen molar-refractivity contribution in [2.75, 3.05) is 0 Å². The lowest BCUT2D eigenvalue weighted by molar-refractivity contribution is 0.0980. The Balaban J connectivity index is 1.29. The lowest BCUT2D eigenvalue weighted by Gasteiger charge is -2.29. The monoisotopic (exact) mass is 710 g/mol. The zero-order valence-corrected chi connectivity index (χ0v) is 30.7. The Kier molecular flexibility index (Phi) is 11.7. The van der Waals surface area contributed by atoms with E-state index in [0.29, 0.717) is 12.8 Å². The first kappa shape index (κ1) is 35.2. The first-order valence-electron chi connectivity index (χ1n) is 17.7. The van der Waals surface area contributed by atoms with Crippen LogP contribution in [0.15, 0.2) is 206 Å². The third-order valence-corrected chi connectivity index (χ3v) is 14.8. The third kappa shape index (κ3) is 8.43. The first-order chi connectivity index (χ1) is 25.7. The summed E-state index contributed by atoms with van der Waals surface area (Å²) in [7, 11) is -2.08. The smallest absolute Gasteiger partial charge is 0.171 e. The molecule has 0 saturated heterocycles. The highest BCUT2D eigenvalue weighted by Crippen LogP contribution is 2.44. The zero-order chi connectivity index (χ0) is 35.5. The fourth-order valence-electron chi connectivity index (χ4n) is 6.89. The Morgan fingerprint density at radius 1 is 0.346 bits per heavy atom. The van der Waals surface area contributed by atoms with E-state index >= 15 is 0 Å². The van der Waals surface area contributed by atoms with Crippen LogP contribution < -0.4 is 21.2 Å². The molecule has 4 heteroatoms. The van der Waals surface area contributed by atoms with E-state index in [1.165, 1.54) is 21.2 Å². The third-order valence-electron chi connectivity index (χ3n) is 9.33. The van der Waals surface area contributed by atoms with Crippen molar-refractivity contribution in [3.63, 3.8) is 0 Å². The van der Waals surface area contributed by atoms with Crippen LogP contribution in [-0.2, 0) is 12.8 Å². The highest BCUT2D eigenvalue weighted by molar-refractivity contribution is 7.75. The van der Waals surface area contributed by atoms with Crippen LogP contribution in [-0.4, -0.2) is 22.9 Å². The number of rotatable bonds is 14. The summed E-state index contributed by atoms with van der Waals surface area (Å²) in [4.78, 5) is 29.2. The van der Waals surface area contributed by atoms with E-state index in [2.05, 4.69) is 121 Å². The molecule has 0 bridgehead atoms. The minimum Gasteiger partial charge on any atom is -0.293 e. The van der Waals surface area contributed by atoms with Crippen molar-refractivity contribution in [2.45, 2.75) is 24.2 Å². The van der Waals surface area contributed by atoms with E-state index in [4.69, 9.17) is 0 Å². The number of Topliss-reactive ketones (excluding diaryl/α,β-unsaturated/α-hetero) is 2. The molecule has 7 aromatic rings. The van der Waals surface area contributed by atoms with Gasteiger partial charge in [0.15, 0.2) is 11.6 Å². The Labute approximate surface area is 309 Å². The SMILES string of the molecule is O=C(c1ccccc1)[C@@H](Cc1cccc(C[C@H](C(=O)c2ccccc2)P(c2ccccc2)c2ccccc2)c1)P(c1ccccc1)c1ccccc1. The van der Waals surface area contributed by atoms with Gasteiger partial charge in [0.2, 0.25) is 0 Å². The molecule has 0 aliphatic carbocycles. The van der Waals surface area contributed by atoms with Crippen LogP contribution in [0.3, 0.4) is 0 Å². The van der Waals surface area contributed by atoms with Gasteiger partial charge < -0.3 is 0 Å². The van der Waals surface area contributed by atoms with Gasteiger partial charge in [0.05, 0.1) is 11.3 Å². The van der Waals surface area contributed by atoms with Gasteiger partial charge in [0.1, 0.15) is 0 Å². The molecule has 0 aliphatic rings. The summed E-state index contributed by atoms with van der Waals surface area (Å²) in [6, 6.07) is 70.0. The van der Waals surface area contributed by atoms with E-state index in [1.807, 2.05) is 84.9 Å². The molecule has 0 fully saturated rings. The van der Waals surface area contributed by atoms with Crippen LogP contribution >= 0.6 is 15.8 Å². The van der Waals surface area contributed by atoms with Crippen molar-refractivity contribution >= 4 is 48.6 Å². The quantitative estimate of drug-likeness (QED) is 0.0833. The summed E-state index contributed by atoms with van der Waals surface area (Å²) in [6.45, 7) is 0. The molecule has 254 valence electrons. The molecule has 7 rings (SSSR count). The van der Waals surface area contributed by atoms with Crippen LogP contribution in [0.2, 0.25) is 0 Å². The molecular formula is C48H40O2P2. The molecule has 2 atom stereocenters. The van der Waals surface area contributed by atoms with Crippen molar-refractivity contribution in [2.24, 2.45) is 0 Å². The Morgan fingerprint density at radius 2 is 0.615 bits per heavy atom. The maximum absolute atomic E-state index is 14.6. The Hall–Kier alpha value is -5.26. The number of carbonyl (C=O) groups excluding carboxylic acids is 2. The molecule has 0 aliphatic heterocycles.